The van der Waals surface area contributed by atoms with E-state index in [0.717, 1.165) is 24.2 Å². The lowest BCUT2D eigenvalue weighted by Crippen LogP contribution is -3.00. The predicted octanol–water partition coefficient (Wildman–Crippen LogP) is 2.02. The van der Waals surface area contributed by atoms with E-state index >= 15 is 0 Å². The summed E-state index contributed by atoms with van der Waals surface area (Å²) in [4.78, 5) is 0. The minimum absolute atomic E-state index is 0. The Balaban J connectivity index is 0. The van der Waals surface area contributed by atoms with Crippen molar-refractivity contribution in [1.29, 1.82) is 0 Å². The molecule has 0 aromatic heterocycles. The fourth-order valence-electron chi connectivity index (χ4n) is 2.60. The quantitative estimate of drug-likeness (QED) is 0.331. The molecule has 0 fully saturated rings. The highest BCUT2D eigenvalue weighted by Gasteiger charge is 2.13. The van der Waals surface area contributed by atoms with E-state index in [4.69, 9.17) is 4.74 Å². The minimum Gasteiger partial charge on any atom is -1.00 e. The van der Waals surface area contributed by atoms with Crippen LogP contribution in [0.1, 0.15) is 78.1 Å². The first-order valence-corrected chi connectivity index (χ1v) is 9.02. The molecule has 0 aromatic carbocycles. The van der Waals surface area contributed by atoms with Crippen molar-refractivity contribution in [3.05, 3.63) is 0 Å². The third-order valence-electron chi connectivity index (χ3n) is 4.16. The van der Waals surface area contributed by atoms with E-state index in [1.807, 2.05) is 0 Å². The summed E-state index contributed by atoms with van der Waals surface area (Å²) in [5.74, 6) is 0. The van der Waals surface area contributed by atoms with Crippen LogP contribution in [0.4, 0.5) is 0 Å². The van der Waals surface area contributed by atoms with Gasteiger partial charge in [-0.3, -0.25) is 0 Å². The van der Waals surface area contributed by atoms with E-state index in [1.165, 1.54) is 70.8 Å². The van der Waals surface area contributed by atoms with Gasteiger partial charge in [-0.15, -0.1) is 0 Å². The highest BCUT2D eigenvalue weighted by molar-refractivity contribution is 4.47. The molecule has 0 bridgehead atoms. The number of unbranched alkanes of at least 4 members (excludes halogenated alkanes) is 9. The van der Waals surface area contributed by atoms with Crippen LogP contribution in [0.5, 0.6) is 0 Å². The first-order chi connectivity index (χ1) is 9.62. The van der Waals surface area contributed by atoms with Crippen molar-refractivity contribution < 1.29 is 21.6 Å². The van der Waals surface area contributed by atoms with E-state index in [0.29, 0.717) is 0 Å². The van der Waals surface area contributed by atoms with Crippen LogP contribution in [0.15, 0.2) is 0 Å². The normalized spacial score (nSPS) is 11.4. The number of hydrogen-bond acceptors (Lipinski definition) is 1. The maximum Gasteiger partial charge on any atom is 0.102 e. The molecule has 130 valence electrons. The molecule has 0 unspecified atom stereocenters. The zero-order chi connectivity index (χ0) is 15.1. The van der Waals surface area contributed by atoms with Crippen molar-refractivity contribution in [2.24, 2.45) is 0 Å². The number of quaternary nitrogens is 1. The number of ether oxygens (including phenoxy) is 1. The van der Waals surface area contributed by atoms with Gasteiger partial charge in [-0.2, -0.15) is 0 Å². The molecular formula is C18H40ClNO. The molecule has 0 atom stereocenters. The summed E-state index contributed by atoms with van der Waals surface area (Å²) in [6.07, 6.45) is 14.2. The second-order valence-corrected chi connectivity index (χ2v) is 6.76. The summed E-state index contributed by atoms with van der Waals surface area (Å²) in [5.41, 5.74) is 0. The van der Waals surface area contributed by atoms with Gasteiger partial charge in [-0.05, 0) is 19.8 Å². The highest BCUT2D eigenvalue weighted by atomic mass is 35.5. The molecule has 0 aliphatic heterocycles. The third-order valence-corrected chi connectivity index (χ3v) is 4.16. The first kappa shape index (κ1) is 23.5. The Bertz CT molecular complexity index is 198. The van der Waals surface area contributed by atoms with Crippen LogP contribution in [0, 0.1) is 0 Å². The van der Waals surface area contributed by atoms with Crippen LogP contribution >= 0.6 is 0 Å². The molecule has 21 heavy (non-hydrogen) atoms. The molecule has 0 aliphatic carbocycles. The molecule has 0 radical (unpaired) electrons. The number of rotatable bonds is 15. The summed E-state index contributed by atoms with van der Waals surface area (Å²) < 4.78 is 6.56. The fourth-order valence-corrected chi connectivity index (χ4v) is 2.60. The molecule has 2 nitrogen and oxygen atoms in total. The lowest BCUT2D eigenvalue weighted by atomic mass is 10.1. The Kier molecular flexibility index (Phi) is 18.5. The Labute approximate surface area is 140 Å². The van der Waals surface area contributed by atoms with Crippen LogP contribution in [-0.4, -0.2) is 44.9 Å². The molecule has 3 heteroatoms. The van der Waals surface area contributed by atoms with Gasteiger partial charge in [-0.25, -0.2) is 0 Å². The van der Waals surface area contributed by atoms with Gasteiger partial charge in [0.15, 0.2) is 0 Å². The highest BCUT2D eigenvalue weighted by Crippen LogP contribution is 2.11. The molecule has 0 aromatic rings. The lowest BCUT2D eigenvalue weighted by molar-refractivity contribution is -0.890. The second kappa shape index (κ2) is 16.6. The average Bonchev–Trinajstić information content (AvgIpc) is 2.41. The summed E-state index contributed by atoms with van der Waals surface area (Å²) >= 11 is 0. The van der Waals surface area contributed by atoms with Gasteiger partial charge >= 0.3 is 0 Å². The predicted molar refractivity (Wildman–Crippen MR) is 90.2 cm³/mol. The molecule has 0 N–H and O–H groups in total. The van der Waals surface area contributed by atoms with Gasteiger partial charge in [0.2, 0.25) is 0 Å². The molecule has 0 heterocycles. The molecule has 0 aliphatic rings. The number of halogens is 1. The fraction of sp³-hybridized carbons (Fsp3) is 1.00. The van der Waals surface area contributed by atoms with Gasteiger partial charge < -0.3 is 21.6 Å². The van der Waals surface area contributed by atoms with E-state index in [1.54, 1.807) is 0 Å². The van der Waals surface area contributed by atoms with Crippen LogP contribution in [0.25, 0.3) is 0 Å². The third kappa shape index (κ3) is 18.2. The molecule has 0 rings (SSSR count). The van der Waals surface area contributed by atoms with Crippen molar-refractivity contribution in [3.63, 3.8) is 0 Å². The van der Waals surface area contributed by atoms with Gasteiger partial charge in [0.25, 0.3) is 0 Å². The van der Waals surface area contributed by atoms with Crippen LogP contribution in [0.3, 0.4) is 0 Å². The zero-order valence-corrected chi connectivity index (χ0v) is 15.9. The summed E-state index contributed by atoms with van der Waals surface area (Å²) in [5, 5.41) is 0. The van der Waals surface area contributed by atoms with E-state index < -0.39 is 0 Å². The lowest BCUT2D eigenvalue weighted by Gasteiger charge is -2.29. The number of nitrogens with zero attached hydrogens (tertiary/aromatic N) is 1. The van der Waals surface area contributed by atoms with Crippen molar-refractivity contribution in [2.45, 2.75) is 78.1 Å². The Morgan fingerprint density at radius 1 is 0.667 bits per heavy atom. The topological polar surface area (TPSA) is 9.23 Å². The Morgan fingerprint density at radius 3 is 1.62 bits per heavy atom. The van der Waals surface area contributed by atoms with Gasteiger partial charge in [-0.1, -0.05) is 58.3 Å². The molecule has 0 amide bonds. The molecular weight excluding hydrogens is 282 g/mol. The molecule has 0 saturated heterocycles. The molecule has 0 saturated carbocycles. The zero-order valence-electron chi connectivity index (χ0n) is 15.1. The van der Waals surface area contributed by atoms with Gasteiger partial charge in [0.05, 0.1) is 27.2 Å². The van der Waals surface area contributed by atoms with Crippen LogP contribution in [0.2, 0.25) is 0 Å². The first-order valence-electron chi connectivity index (χ1n) is 9.02. The molecule has 0 spiro atoms. The van der Waals surface area contributed by atoms with Crippen LogP contribution in [-0.2, 0) is 4.74 Å². The summed E-state index contributed by atoms with van der Waals surface area (Å²) in [6, 6.07) is 0. The second-order valence-electron chi connectivity index (χ2n) is 6.76. The minimum atomic E-state index is 0. The van der Waals surface area contributed by atoms with Crippen molar-refractivity contribution >= 4 is 0 Å². The largest absolute Gasteiger partial charge is 1.00 e. The van der Waals surface area contributed by atoms with Crippen molar-refractivity contribution in [1.82, 2.24) is 0 Å². The maximum atomic E-state index is 5.45. The van der Waals surface area contributed by atoms with E-state index in [-0.39, 0.29) is 12.4 Å². The van der Waals surface area contributed by atoms with Gasteiger partial charge in [0.1, 0.15) is 6.54 Å². The Hall–Kier alpha value is 0.210. The maximum absolute atomic E-state index is 5.45. The summed E-state index contributed by atoms with van der Waals surface area (Å²) in [6.45, 7) is 8.55. The average molecular weight is 322 g/mol. The van der Waals surface area contributed by atoms with Crippen molar-refractivity contribution in [2.75, 3.05) is 40.4 Å². The van der Waals surface area contributed by atoms with E-state index in [2.05, 4.69) is 27.9 Å². The SMILES string of the molecule is CCCCCCCCCCCC[N+](C)(C)CCOCC.[Cl-]. The number of likely N-dealkylation sites (N-methyl/N-ethyl adjacent to an activating group) is 1. The Morgan fingerprint density at radius 2 is 1.14 bits per heavy atom. The standard InChI is InChI=1S/C18H40NO.ClH/c1-5-7-8-9-10-11-12-13-14-15-16-19(3,4)17-18-20-6-2;/h5-18H2,1-4H3;1H/q+1;/p-1. The number of hydrogen-bond donors (Lipinski definition) is 0. The van der Waals surface area contributed by atoms with Crippen molar-refractivity contribution in [3.8, 4) is 0 Å². The monoisotopic (exact) mass is 321 g/mol. The smallest absolute Gasteiger partial charge is 0.102 e. The summed E-state index contributed by atoms with van der Waals surface area (Å²) in [7, 11) is 4.65. The van der Waals surface area contributed by atoms with Crippen LogP contribution < -0.4 is 12.4 Å². The van der Waals surface area contributed by atoms with Gasteiger partial charge in [0, 0.05) is 6.61 Å². The van der Waals surface area contributed by atoms with E-state index in [9.17, 15) is 0 Å².